The fourth-order valence-electron chi connectivity index (χ4n) is 4.29. The zero-order chi connectivity index (χ0) is 14.7. The first-order valence-corrected chi connectivity index (χ1v) is 9.00. The average Bonchev–Trinajstić information content (AvgIpc) is 3.03. The molecule has 0 bridgehead atoms. The van der Waals surface area contributed by atoms with Gasteiger partial charge in [-0.05, 0) is 64.5 Å². The molecular formula is C17H31N3O. The van der Waals surface area contributed by atoms with Crippen molar-refractivity contribution in [1.29, 1.82) is 0 Å². The molecule has 0 aromatic rings. The molecule has 1 amide bonds. The fourth-order valence-corrected chi connectivity index (χ4v) is 4.29. The molecule has 3 saturated heterocycles. The van der Waals surface area contributed by atoms with Crippen molar-refractivity contribution in [2.75, 3.05) is 32.7 Å². The Hall–Kier alpha value is -0.610. The van der Waals surface area contributed by atoms with Crippen molar-refractivity contribution in [2.24, 2.45) is 5.92 Å². The number of likely N-dealkylation sites (tertiary alicyclic amines) is 2. The van der Waals surface area contributed by atoms with E-state index in [1.54, 1.807) is 0 Å². The Morgan fingerprint density at radius 3 is 2.76 bits per heavy atom. The summed E-state index contributed by atoms with van der Waals surface area (Å²) >= 11 is 0. The van der Waals surface area contributed by atoms with Crippen LogP contribution in [0.4, 0.5) is 0 Å². The summed E-state index contributed by atoms with van der Waals surface area (Å²) in [5, 5.41) is 3.36. The van der Waals surface area contributed by atoms with Gasteiger partial charge < -0.3 is 15.1 Å². The van der Waals surface area contributed by atoms with Gasteiger partial charge in [0.05, 0.1) is 6.04 Å². The van der Waals surface area contributed by atoms with Crippen LogP contribution in [0.1, 0.15) is 51.9 Å². The van der Waals surface area contributed by atoms with Gasteiger partial charge in [0.25, 0.3) is 0 Å². The minimum atomic E-state index is 0.109. The standard InChI is InChI=1S/C17H31N3O/c1-14-6-2-3-10-19(14)12-15-7-5-11-20(13-15)17(21)16-8-4-9-18-16/h14-16,18H,2-13H2,1H3/t14-,15-,16-/m0/s1. The van der Waals surface area contributed by atoms with Crippen LogP contribution in [-0.4, -0.2) is 60.5 Å². The number of nitrogens with one attached hydrogen (secondary N) is 1. The molecule has 3 rings (SSSR count). The molecule has 3 aliphatic rings. The summed E-state index contributed by atoms with van der Waals surface area (Å²) in [6.45, 7) is 7.80. The number of piperidine rings is 2. The highest BCUT2D eigenvalue weighted by molar-refractivity contribution is 5.82. The zero-order valence-corrected chi connectivity index (χ0v) is 13.5. The van der Waals surface area contributed by atoms with Gasteiger partial charge in [0, 0.05) is 25.7 Å². The second kappa shape index (κ2) is 7.10. The van der Waals surface area contributed by atoms with E-state index in [9.17, 15) is 4.79 Å². The maximum Gasteiger partial charge on any atom is 0.239 e. The Morgan fingerprint density at radius 2 is 2.00 bits per heavy atom. The minimum Gasteiger partial charge on any atom is -0.341 e. The largest absolute Gasteiger partial charge is 0.341 e. The van der Waals surface area contributed by atoms with Crippen molar-refractivity contribution >= 4 is 5.91 Å². The number of hydrogen-bond acceptors (Lipinski definition) is 3. The highest BCUT2D eigenvalue weighted by Gasteiger charge is 2.31. The summed E-state index contributed by atoms with van der Waals surface area (Å²) in [6.07, 6.45) is 8.76. The van der Waals surface area contributed by atoms with Crippen LogP contribution >= 0.6 is 0 Å². The molecule has 120 valence electrons. The van der Waals surface area contributed by atoms with Gasteiger partial charge in [0.1, 0.15) is 0 Å². The van der Waals surface area contributed by atoms with E-state index in [2.05, 4.69) is 22.0 Å². The summed E-state index contributed by atoms with van der Waals surface area (Å²) < 4.78 is 0. The molecular weight excluding hydrogens is 262 g/mol. The maximum atomic E-state index is 12.6. The van der Waals surface area contributed by atoms with Crippen molar-refractivity contribution < 1.29 is 4.79 Å². The number of nitrogens with zero attached hydrogens (tertiary/aromatic N) is 2. The second-order valence-corrected chi connectivity index (χ2v) is 7.28. The van der Waals surface area contributed by atoms with Crippen molar-refractivity contribution in [1.82, 2.24) is 15.1 Å². The quantitative estimate of drug-likeness (QED) is 0.862. The van der Waals surface area contributed by atoms with E-state index in [0.717, 1.165) is 38.5 Å². The molecule has 4 heteroatoms. The van der Waals surface area contributed by atoms with Crippen LogP contribution in [0.3, 0.4) is 0 Å². The molecule has 4 nitrogen and oxygen atoms in total. The molecule has 0 unspecified atom stereocenters. The molecule has 0 aromatic heterocycles. The monoisotopic (exact) mass is 293 g/mol. The van der Waals surface area contributed by atoms with Gasteiger partial charge in [-0.2, -0.15) is 0 Å². The third kappa shape index (κ3) is 3.78. The lowest BCUT2D eigenvalue weighted by atomic mass is 9.94. The van der Waals surface area contributed by atoms with Crippen molar-refractivity contribution in [3.05, 3.63) is 0 Å². The maximum absolute atomic E-state index is 12.6. The predicted molar refractivity (Wildman–Crippen MR) is 85.2 cm³/mol. The minimum absolute atomic E-state index is 0.109. The lowest BCUT2D eigenvalue weighted by Gasteiger charge is -2.40. The van der Waals surface area contributed by atoms with Gasteiger partial charge in [-0.15, -0.1) is 0 Å². The van der Waals surface area contributed by atoms with Crippen LogP contribution in [0.2, 0.25) is 0 Å². The molecule has 3 fully saturated rings. The Labute approximate surface area is 129 Å². The van der Waals surface area contributed by atoms with E-state index < -0.39 is 0 Å². The fraction of sp³-hybridized carbons (Fsp3) is 0.941. The summed E-state index contributed by atoms with van der Waals surface area (Å²) in [4.78, 5) is 17.4. The lowest BCUT2D eigenvalue weighted by molar-refractivity contribution is -0.135. The molecule has 3 heterocycles. The second-order valence-electron chi connectivity index (χ2n) is 7.28. The van der Waals surface area contributed by atoms with Gasteiger partial charge in [0.15, 0.2) is 0 Å². The third-order valence-electron chi connectivity index (χ3n) is 5.62. The van der Waals surface area contributed by atoms with Crippen molar-refractivity contribution in [2.45, 2.75) is 64.0 Å². The van der Waals surface area contributed by atoms with E-state index in [-0.39, 0.29) is 6.04 Å². The van der Waals surface area contributed by atoms with Crippen LogP contribution in [0, 0.1) is 5.92 Å². The van der Waals surface area contributed by atoms with E-state index in [4.69, 9.17) is 0 Å². The third-order valence-corrected chi connectivity index (χ3v) is 5.62. The Kier molecular flexibility index (Phi) is 5.17. The predicted octanol–water partition coefficient (Wildman–Crippen LogP) is 1.85. The van der Waals surface area contributed by atoms with Gasteiger partial charge >= 0.3 is 0 Å². The van der Waals surface area contributed by atoms with Gasteiger partial charge in [-0.3, -0.25) is 4.79 Å². The number of amides is 1. The van der Waals surface area contributed by atoms with E-state index in [0.29, 0.717) is 11.8 Å². The normalized spacial score (nSPS) is 35.1. The highest BCUT2D eigenvalue weighted by atomic mass is 16.2. The van der Waals surface area contributed by atoms with Crippen LogP contribution in [0.25, 0.3) is 0 Å². The average molecular weight is 293 g/mol. The van der Waals surface area contributed by atoms with Crippen LogP contribution in [0.15, 0.2) is 0 Å². The van der Waals surface area contributed by atoms with Crippen LogP contribution < -0.4 is 5.32 Å². The number of carbonyl (C=O) groups excluding carboxylic acids is 1. The Bertz CT molecular complexity index is 354. The molecule has 0 radical (unpaired) electrons. The SMILES string of the molecule is C[C@H]1CCCCN1C[C@@H]1CCCN(C(=O)[C@@H]2CCCN2)C1. The molecule has 3 atom stereocenters. The molecule has 0 saturated carbocycles. The summed E-state index contributed by atoms with van der Waals surface area (Å²) in [7, 11) is 0. The van der Waals surface area contributed by atoms with Crippen LogP contribution in [0.5, 0.6) is 0 Å². The molecule has 1 N–H and O–H groups in total. The number of carbonyl (C=O) groups is 1. The van der Waals surface area contributed by atoms with E-state index in [1.807, 2.05) is 0 Å². The molecule has 3 aliphatic heterocycles. The first-order chi connectivity index (χ1) is 10.2. The number of rotatable bonds is 3. The molecule has 21 heavy (non-hydrogen) atoms. The zero-order valence-electron chi connectivity index (χ0n) is 13.5. The summed E-state index contributed by atoms with van der Waals surface area (Å²) in [5.74, 6) is 1.05. The molecule has 0 aromatic carbocycles. The highest BCUT2D eigenvalue weighted by Crippen LogP contribution is 2.23. The van der Waals surface area contributed by atoms with Gasteiger partial charge in [-0.25, -0.2) is 0 Å². The summed E-state index contributed by atoms with van der Waals surface area (Å²) in [6, 6.07) is 0.846. The van der Waals surface area contributed by atoms with Gasteiger partial charge in [-0.1, -0.05) is 6.42 Å². The first-order valence-electron chi connectivity index (χ1n) is 9.00. The van der Waals surface area contributed by atoms with E-state index >= 15 is 0 Å². The van der Waals surface area contributed by atoms with Crippen molar-refractivity contribution in [3.8, 4) is 0 Å². The summed E-state index contributed by atoms with van der Waals surface area (Å²) in [5.41, 5.74) is 0. The Morgan fingerprint density at radius 1 is 1.10 bits per heavy atom. The lowest BCUT2D eigenvalue weighted by Crippen LogP contribution is -2.50. The number of hydrogen-bond donors (Lipinski definition) is 1. The molecule has 0 aliphatic carbocycles. The van der Waals surface area contributed by atoms with Gasteiger partial charge in [0.2, 0.25) is 5.91 Å². The molecule has 0 spiro atoms. The van der Waals surface area contributed by atoms with E-state index in [1.165, 1.54) is 45.2 Å². The topological polar surface area (TPSA) is 35.6 Å². The van der Waals surface area contributed by atoms with Crippen LogP contribution in [-0.2, 0) is 4.79 Å². The first kappa shape index (κ1) is 15.3. The smallest absolute Gasteiger partial charge is 0.239 e. The van der Waals surface area contributed by atoms with Crippen molar-refractivity contribution in [3.63, 3.8) is 0 Å². The Balaban J connectivity index is 1.51.